The van der Waals surface area contributed by atoms with Gasteiger partial charge in [-0.3, -0.25) is 9.10 Å². The van der Waals surface area contributed by atoms with Crippen LogP contribution >= 0.6 is 0 Å². The van der Waals surface area contributed by atoms with Crippen molar-refractivity contribution in [3.05, 3.63) is 29.3 Å². The lowest BCUT2D eigenvalue weighted by Crippen LogP contribution is -2.52. The molecular weight excluding hydrogens is 348 g/mol. The van der Waals surface area contributed by atoms with Gasteiger partial charge in [0, 0.05) is 6.04 Å². The second kappa shape index (κ2) is 7.22. The van der Waals surface area contributed by atoms with Crippen LogP contribution in [0.5, 0.6) is 0 Å². The first-order valence-electron chi connectivity index (χ1n) is 9.57. The summed E-state index contributed by atoms with van der Waals surface area (Å²) in [5.41, 5.74) is 2.67. The first-order valence-corrected chi connectivity index (χ1v) is 11.4. The van der Waals surface area contributed by atoms with E-state index < -0.39 is 16.1 Å². The van der Waals surface area contributed by atoms with E-state index in [9.17, 15) is 13.2 Å². The van der Waals surface area contributed by atoms with Crippen LogP contribution in [0.25, 0.3) is 0 Å². The monoisotopic (exact) mass is 378 g/mol. The van der Waals surface area contributed by atoms with Crippen molar-refractivity contribution >= 4 is 21.6 Å². The number of sulfonamides is 1. The van der Waals surface area contributed by atoms with Crippen molar-refractivity contribution in [2.24, 2.45) is 11.8 Å². The normalized spacial score (nSPS) is 25.9. The Morgan fingerprint density at radius 1 is 1.23 bits per heavy atom. The molecule has 4 atom stereocenters. The second-order valence-electron chi connectivity index (χ2n) is 8.04. The molecule has 2 bridgehead atoms. The number of anilines is 1. The summed E-state index contributed by atoms with van der Waals surface area (Å²) in [4.78, 5) is 13.0. The molecule has 2 aliphatic rings. The Bertz CT molecular complexity index is 790. The minimum absolute atomic E-state index is 0.172. The molecule has 26 heavy (non-hydrogen) atoms. The van der Waals surface area contributed by atoms with Gasteiger partial charge in [0.2, 0.25) is 15.9 Å². The fraction of sp³-hybridized carbons (Fsp3) is 0.650. The van der Waals surface area contributed by atoms with Gasteiger partial charge in [0.1, 0.15) is 6.04 Å². The number of benzene rings is 1. The highest BCUT2D eigenvalue weighted by Gasteiger charge is 2.41. The van der Waals surface area contributed by atoms with Gasteiger partial charge in [0.05, 0.1) is 11.9 Å². The van der Waals surface area contributed by atoms with Crippen LogP contribution in [0.15, 0.2) is 18.2 Å². The molecule has 0 spiro atoms. The van der Waals surface area contributed by atoms with Gasteiger partial charge < -0.3 is 5.32 Å². The van der Waals surface area contributed by atoms with E-state index in [1.165, 1.54) is 29.8 Å². The quantitative estimate of drug-likeness (QED) is 0.827. The average molecular weight is 379 g/mol. The summed E-state index contributed by atoms with van der Waals surface area (Å²) in [6.07, 6.45) is 6.30. The average Bonchev–Trinajstić information content (AvgIpc) is 3.16. The molecule has 3 rings (SSSR count). The molecule has 6 heteroatoms. The lowest BCUT2D eigenvalue weighted by Gasteiger charge is -2.32. The molecule has 0 aromatic heterocycles. The topological polar surface area (TPSA) is 66.5 Å². The molecule has 0 heterocycles. The van der Waals surface area contributed by atoms with Crippen molar-refractivity contribution < 1.29 is 13.2 Å². The lowest BCUT2D eigenvalue weighted by molar-refractivity contribution is -0.123. The Balaban J connectivity index is 1.85. The smallest absolute Gasteiger partial charge is 0.244 e. The van der Waals surface area contributed by atoms with Gasteiger partial charge in [-0.2, -0.15) is 0 Å². The third-order valence-corrected chi connectivity index (χ3v) is 7.32. The number of carbonyl (C=O) groups excluding carboxylic acids is 1. The molecule has 1 aromatic carbocycles. The number of hydrogen-bond donors (Lipinski definition) is 1. The predicted molar refractivity (Wildman–Crippen MR) is 105 cm³/mol. The van der Waals surface area contributed by atoms with Crippen LogP contribution in [0.2, 0.25) is 0 Å². The van der Waals surface area contributed by atoms with Gasteiger partial charge in [-0.1, -0.05) is 19.4 Å². The van der Waals surface area contributed by atoms with Crippen LogP contribution in [0.4, 0.5) is 5.69 Å². The fourth-order valence-electron chi connectivity index (χ4n) is 4.62. The van der Waals surface area contributed by atoms with Crippen molar-refractivity contribution in [2.45, 2.75) is 65.0 Å². The number of aryl methyl sites for hydroxylation is 2. The van der Waals surface area contributed by atoms with E-state index in [1.54, 1.807) is 6.07 Å². The summed E-state index contributed by atoms with van der Waals surface area (Å²) >= 11 is 0. The van der Waals surface area contributed by atoms with E-state index in [4.69, 9.17) is 0 Å². The van der Waals surface area contributed by atoms with Crippen LogP contribution in [0, 0.1) is 25.7 Å². The van der Waals surface area contributed by atoms with Crippen LogP contribution in [-0.4, -0.2) is 32.7 Å². The first-order chi connectivity index (χ1) is 12.2. The Hall–Kier alpha value is -1.56. The third-order valence-electron chi connectivity index (χ3n) is 6.14. The summed E-state index contributed by atoms with van der Waals surface area (Å²) in [6, 6.07) is 5.03. The van der Waals surface area contributed by atoms with Gasteiger partial charge in [-0.25, -0.2) is 8.42 Å². The van der Waals surface area contributed by atoms with E-state index in [0.717, 1.165) is 23.5 Å². The number of amides is 1. The highest BCUT2D eigenvalue weighted by molar-refractivity contribution is 7.92. The molecule has 0 radical (unpaired) electrons. The van der Waals surface area contributed by atoms with Gasteiger partial charge in [0.15, 0.2) is 0 Å². The van der Waals surface area contributed by atoms with Crippen molar-refractivity contribution in [2.75, 3.05) is 10.6 Å². The second-order valence-corrected chi connectivity index (χ2v) is 9.90. The van der Waals surface area contributed by atoms with E-state index in [-0.39, 0.29) is 11.9 Å². The number of hydrogen-bond acceptors (Lipinski definition) is 3. The number of rotatable bonds is 6. The molecule has 5 nitrogen and oxygen atoms in total. The summed E-state index contributed by atoms with van der Waals surface area (Å²) in [7, 11) is -3.58. The summed E-state index contributed by atoms with van der Waals surface area (Å²) in [5, 5.41) is 3.16. The maximum Gasteiger partial charge on any atom is 0.244 e. The zero-order valence-corrected chi connectivity index (χ0v) is 17.0. The minimum Gasteiger partial charge on any atom is -0.351 e. The molecule has 2 saturated carbocycles. The Morgan fingerprint density at radius 2 is 1.96 bits per heavy atom. The van der Waals surface area contributed by atoms with Gasteiger partial charge in [0.25, 0.3) is 0 Å². The molecule has 1 amide bonds. The fourth-order valence-corrected chi connectivity index (χ4v) is 5.83. The standard InChI is InChI=1S/C20H30N2O3S/c1-5-19(20(23)21-18-12-15-7-8-16(18)11-15)22(26(4,24)25)17-9-6-13(2)14(3)10-17/h6,9-10,15-16,18-19H,5,7-8,11-12H2,1-4H3,(H,21,23)/t15-,16-,18-,19+/m1/s1. The maximum absolute atomic E-state index is 13.0. The molecule has 2 fully saturated rings. The van der Waals surface area contributed by atoms with Gasteiger partial charge in [-0.05, 0) is 74.6 Å². The Kier molecular flexibility index (Phi) is 5.33. The first kappa shape index (κ1) is 19.2. The molecule has 0 saturated heterocycles. The van der Waals surface area contributed by atoms with E-state index in [2.05, 4.69) is 5.32 Å². The largest absolute Gasteiger partial charge is 0.351 e. The van der Waals surface area contributed by atoms with Crippen molar-refractivity contribution in [1.29, 1.82) is 0 Å². The summed E-state index contributed by atoms with van der Waals surface area (Å²) in [5.74, 6) is 1.12. The van der Waals surface area contributed by atoms with Crippen molar-refractivity contribution in [3.8, 4) is 0 Å². The van der Waals surface area contributed by atoms with Crippen molar-refractivity contribution in [3.63, 3.8) is 0 Å². The number of carbonyl (C=O) groups is 1. The van der Waals surface area contributed by atoms with Crippen LogP contribution in [-0.2, 0) is 14.8 Å². The molecule has 0 aliphatic heterocycles. The zero-order valence-electron chi connectivity index (χ0n) is 16.2. The summed E-state index contributed by atoms with van der Waals surface area (Å²) in [6.45, 7) is 5.81. The molecule has 1 N–H and O–H groups in total. The molecule has 0 unspecified atom stereocenters. The number of nitrogens with zero attached hydrogens (tertiary/aromatic N) is 1. The van der Waals surface area contributed by atoms with Gasteiger partial charge in [-0.15, -0.1) is 0 Å². The third kappa shape index (κ3) is 3.75. The number of fused-ring (bicyclic) bond motifs is 2. The molecule has 144 valence electrons. The number of nitrogens with one attached hydrogen (secondary N) is 1. The van der Waals surface area contributed by atoms with Crippen LogP contribution in [0.1, 0.15) is 50.2 Å². The maximum atomic E-state index is 13.0. The lowest BCUT2D eigenvalue weighted by atomic mass is 9.95. The van der Waals surface area contributed by atoms with E-state index >= 15 is 0 Å². The van der Waals surface area contributed by atoms with Crippen LogP contribution in [0.3, 0.4) is 0 Å². The summed E-state index contributed by atoms with van der Waals surface area (Å²) < 4.78 is 26.4. The predicted octanol–water partition coefficient (Wildman–Crippen LogP) is 3.15. The molecular formula is C20H30N2O3S. The van der Waals surface area contributed by atoms with Crippen molar-refractivity contribution in [1.82, 2.24) is 5.32 Å². The van der Waals surface area contributed by atoms with E-state index in [1.807, 2.05) is 32.9 Å². The highest BCUT2D eigenvalue weighted by Crippen LogP contribution is 2.44. The van der Waals surface area contributed by atoms with E-state index in [0.29, 0.717) is 18.0 Å². The minimum atomic E-state index is -3.58. The molecule has 2 aliphatic carbocycles. The Labute approximate surface area is 157 Å². The zero-order chi connectivity index (χ0) is 19.1. The van der Waals surface area contributed by atoms with Gasteiger partial charge >= 0.3 is 0 Å². The Morgan fingerprint density at radius 3 is 2.46 bits per heavy atom. The highest BCUT2D eigenvalue weighted by atomic mass is 32.2. The SMILES string of the molecule is CC[C@@H](C(=O)N[C@@H]1C[C@@H]2CC[C@@H]1C2)N(c1ccc(C)c(C)c1)S(C)(=O)=O. The molecule has 1 aromatic rings. The van der Waals surface area contributed by atoms with Crippen LogP contribution < -0.4 is 9.62 Å².